The number of carbonyl (C=O) groups excluding carboxylic acids is 1. The van der Waals surface area contributed by atoms with Crippen LogP contribution >= 0.6 is 45.2 Å². The van der Waals surface area contributed by atoms with Gasteiger partial charge in [0.15, 0.2) is 11.5 Å². The highest BCUT2D eigenvalue weighted by Gasteiger charge is 2.12. The lowest BCUT2D eigenvalue weighted by Gasteiger charge is -2.13. The van der Waals surface area contributed by atoms with Crippen molar-refractivity contribution in [2.45, 2.75) is 13.5 Å². The van der Waals surface area contributed by atoms with Crippen LogP contribution in [0.1, 0.15) is 27.0 Å². The molecule has 8 heteroatoms. The fourth-order valence-corrected chi connectivity index (χ4v) is 4.16. The zero-order valence-corrected chi connectivity index (χ0v) is 22.1. The molecular weight excluding hydrogens is 634 g/mol. The number of benzene rings is 3. The number of amides is 1. The van der Waals surface area contributed by atoms with Gasteiger partial charge in [-0.3, -0.25) is 4.79 Å². The third-order valence-corrected chi connectivity index (χ3v) is 6.24. The van der Waals surface area contributed by atoms with Crippen LogP contribution in [-0.4, -0.2) is 26.3 Å². The van der Waals surface area contributed by atoms with Gasteiger partial charge in [0.25, 0.3) is 5.91 Å². The molecule has 0 spiro atoms. The van der Waals surface area contributed by atoms with Crippen molar-refractivity contribution in [2.24, 2.45) is 5.10 Å². The smallest absolute Gasteiger partial charge is 0.271 e. The van der Waals surface area contributed by atoms with Gasteiger partial charge in [-0.25, -0.2) is 5.43 Å². The Labute approximate surface area is 214 Å². The second-order valence-corrected chi connectivity index (χ2v) is 9.18. The summed E-state index contributed by atoms with van der Waals surface area (Å²) in [4.78, 5) is 12.4. The average Bonchev–Trinajstić information content (AvgIpc) is 2.79. The number of hydrazone groups is 1. The standard InChI is InChI=1S/C24H22I2N2O4/c1-15-4-6-16(7-5-15)14-32-23-20(26)10-17(11-22(23)31-3)13-27-28-24(29)18-8-9-19(25)21(12-18)30-2/h4-13H,14H2,1-3H3,(H,28,29)/b27-13-. The lowest BCUT2D eigenvalue weighted by Crippen LogP contribution is -2.17. The van der Waals surface area contributed by atoms with Gasteiger partial charge in [-0.05, 0) is 93.6 Å². The fourth-order valence-electron chi connectivity index (χ4n) is 2.83. The van der Waals surface area contributed by atoms with Gasteiger partial charge in [-0.1, -0.05) is 29.8 Å². The third-order valence-electron chi connectivity index (χ3n) is 4.55. The summed E-state index contributed by atoms with van der Waals surface area (Å²) >= 11 is 4.35. The Hall–Kier alpha value is -2.34. The van der Waals surface area contributed by atoms with Crippen molar-refractivity contribution >= 4 is 57.3 Å². The minimum absolute atomic E-state index is 0.323. The molecule has 0 saturated heterocycles. The van der Waals surface area contributed by atoms with E-state index in [-0.39, 0.29) is 5.91 Å². The van der Waals surface area contributed by atoms with E-state index < -0.39 is 0 Å². The van der Waals surface area contributed by atoms with Crippen molar-refractivity contribution < 1.29 is 19.0 Å². The van der Waals surface area contributed by atoms with E-state index in [1.165, 1.54) is 5.56 Å². The Bertz CT molecular complexity index is 1130. The minimum atomic E-state index is -0.323. The lowest BCUT2D eigenvalue weighted by molar-refractivity contribution is 0.0954. The van der Waals surface area contributed by atoms with E-state index in [1.54, 1.807) is 32.6 Å². The van der Waals surface area contributed by atoms with Crippen LogP contribution in [0.3, 0.4) is 0 Å². The molecule has 6 nitrogen and oxygen atoms in total. The summed E-state index contributed by atoms with van der Waals surface area (Å²) in [5.41, 5.74) is 6.06. The van der Waals surface area contributed by atoms with E-state index in [4.69, 9.17) is 14.2 Å². The number of aryl methyl sites for hydroxylation is 1. The predicted molar refractivity (Wildman–Crippen MR) is 142 cm³/mol. The summed E-state index contributed by atoms with van der Waals surface area (Å²) in [6.07, 6.45) is 1.57. The van der Waals surface area contributed by atoms with Gasteiger partial charge >= 0.3 is 0 Å². The number of nitrogens with zero attached hydrogens (tertiary/aromatic N) is 1. The molecule has 0 saturated carbocycles. The Morgan fingerprint density at radius 2 is 1.69 bits per heavy atom. The first-order valence-corrected chi connectivity index (χ1v) is 11.8. The second kappa shape index (κ2) is 11.5. The summed E-state index contributed by atoms with van der Waals surface area (Å²) < 4.78 is 18.6. The zero-order valence-electron chi connectivity index (χ0n) is 17.8. The van der Waals surface area contributed by atoms with E-state index in [2.05, 4.69) is 74.8 Å². The summed E-state index contributed by atoms with van der Waals surface area (Å²) in [7, 11) is 3.16. The molecule has 0 bridgehead atoms. The molecule has 0 aliphatic carbocycles. The molecule has 0 atom stereocenters. The maximum Gasteiger partial charge on any atom is 0.271 e. The van der Waals surface area contributed by atoms with Gasteiger partial charge in [-0.15, -0.1) is 0 Å². The highest BCUT2D eigenvalue weighted by atomic mass is 127. The van der Waals surface area contributed by atoms with Gasteiger partial charge < -0.3 is 14.2 Å². The maximum absolute atomic E-state index is 12.4. The van der Waals surface area contributed by atoms with E-state index in [1.807, 2.05) is 30.3 Å². The second-order valence-electron chi connectivity index (χ2n) is 6.86. The van der Waals surface area contributed by atoms with Crippen LogP contribution in [0, 0.1) is 14.1 Å². The van der Waals surface area contributed by atoms with Crippen LogP contribution in [-0.2, 0) is 6.61 Å². The van der Waals surface area contributed by atoms with E-state index in [0.717, 1.165) is 18.3 Å². The third kappa shape index (κ3) is 6.35. The van der Waals surface area contributed by atoms with Gasteiger partial charge in [0, 0.05) is 5.56 Å². The molecule has 166 valence electrons. The predicted octanol–water partition coefficient (Wildman–Crippen LogP) is 5.56. The van der Waals surface area contributed by atoms with Crippen LogP contribution < -0.4 is 19.6 Å². The SMILES string of the molecule is COc1cc(C(=O)N/N=C\c2cc(I)c(OCc3ccc(C)cc3)c(OC)c2)ccc1I. The molecule has 3 aromatic rings. The van der Waals surface area contributed by atoms with Crippen molar-refractivity contribution in [1.82, 2.24) is 5.43 Å². The molecule has 1 amide bonds. The molecular formula is C24H22I2N2O4. The number of nitrogens with one attached hydrogen (secondary N) is 1. The van der Waals surface area contributed by atoms with Gasteiger partial charge in [0.1, 0.15) is 12.4 Å². The first-order chi connectivity index (χ1) is 15.4. The normalized spacial score (nSPS) is 10.8. The van der Waals surface area contributed by atoms with Gasteiger partial charge in [-0.2, -0.15) is 5.10 Å². The molecule has 0 aliphatic rings. The maximum atomic E-state index is 12.4. The first-order valence-electron chi connectivity index (χ1n) is 9.64. The zero-order chi connectivity index (χ0) is 23.1. The van der Waals surface area contributed by atoms with Gasteiger partial charge in [0.05, 0.1) is 27.6 Å². The minimum Gasteiger partial charge on any atom is -0.496 e. The van der Waals surface area contributed by atoms with E-state index in [9.17, 15) is 4.79 Å². The summed E-state index contributed by atoms with van der Waals surface area (Å²) in [5.74, 6) is 1.58. The molecule has 0 aliphatic heterocycles. The van der Waals surface area contributed by atoms with Crippen LogP contribution in [0.25, 0.3) is 0 Å². The fraction of sp³-hybridized carbons (Fsp3) is 0.167. The Morgan fingerprint density at radius 1 is 0.969 bits per heavy atom. The number of carbonyl (C=O) groups is 1. The van der Waals surface area contributed by atoms with Crippen molar-refractivity contribution in [2.75, 3.05) is 14.2 Å². The summed E-state index contributed by atoms with van der Waals surface area (Å²) in [6.45, 7) is 2.49. The topological polar surface area (TPSA) is 69.2 Å². The number of hydrogen-bond donors (Lipinski definition) is 1. The molecule has 3 aromatic carbocycles. The molecule has 3 rings (SSSR count). The Balaban J connectivity index is 1.69. The Morgan fingerprint density at radius 3 is 2.38 bits per heavy atom. The lowest BCUT2D eigenvalue weighted by atomic mass is 10.2. The van der Waals surface area contributed by atoms with Crippen molar-refractivity contribution in [1.29, 1.82) is 0 Å². The Kier molecular flexibility index (Phi) is 8.74. The van der Waals surface area contributed by atoms with Crippen LogP contribution in [0.5, 0.6) is 17.2 Å². The molecule has 1 N–H and O–H groups in total. The summed E-state index contributed by atoms with van der Waals surface area (Å²) in [6, 6.07) is 17.2. The van der Waals surface area contributed by atoms with Crippen molar-refractivity contribution in [3.8, 4) is 17.2 Å². The number of hydrogen-bond acceptors (Lipinski definition) is 5. The van der Waals surface area contributed by atoms with Gasteiger partial charge in [0.2, 0.25) is 0 Å². The van der Waals surface area contributed by atoms with Crippen molar-refractivity contribution in [3.05, 3.63) is 84.0 Å². The molecule has 0 fully saturated rings. The van der Waals surface area contributed by atoms with Crippen molar-refractivity contribution in [3.63, 3.8) is 0 Å². The van der Waals surface area contributed by atoms with E-state index >= 15 is 0 Å². The number of halogens is 2. The number of methoxy groups -OCH3 is 2. The quantitative estimate of drug-likeness (QED) is 0.196. The number of rotatable bonds is 8. The molecule has 0 unspecified atom stereocenters. The largest absolute Gasteiger partial charge is 0.496 e. The van der Waals surface area contributed by atoms with Crippen LogP contribution in [0.2, 0.25) is 0 Å². The summed E-state index contributed by atoms with van der Waals surface area (Å²) in [5, 5.41) is 4.08. The average molecular weight is 656 g/mol. The molecule has 0 radical (unpaired) electrons. The molecule has 32 heavy (non-hydrogen) atoms. The molecule has 0 heterocycles. The van der Waals surface area contributed by atoms with Crippen LogP contribution in [0.4, 0.5) is 0 Å². The molecule has 0 aromatic heterocycles. The highest BCUT2D eigenvalue weighted by Crippen LogP contribution is 2.34. The number of ether oxygens (including phenoxy) is 3. The highest BCUT2D eigenvalue weighted by molar-refractivity contribution is 14.1. The first kappa shape index (κ1) is 24.3. The monoisotopic (exact) mass is 656 g/mol. The van der Waals surface area contributed by atoms with E-state index in [0.29, 0.717) is 29.4 Å². The van der Waals surface area contributed by atoms with Crippen LogP contribution in [0.15, 0.2) is 59.7 Å².